The molecule has 0 aliphatic carbocycles. The predicted octanol–water partition coefficient (Wildman–Crippen LogP) is 2.22. The molecule has 9 heteroatoms. The molecule has 3 N–H and O–H groups in total. The van der Waals surface area contributed by atoms with Crippen molar-refractivity contribution in [3.63, 3.8) is 0 Å². The molecule has 1 heterocycles. The summed E-state index contributed by atoms with van der Waals surface area (Å²) in [5.41, 5.74) is 5.93. The molecule has 0 aliphatic rings. The molecule has 0 spiro atoms. The second-order valence-electron chi connectivity index (χ2n) is 4.20. The first-order valence-corrected chi connectivity index (χ1v) is 8.88. The van der Waals surface area contributed by atoms with Crippen molar-refractivity contribution in [2.45, 2.75) is 18.4 Å². The number of benzene rings is 1. The molecule has 0 fully saturated rings. The van der Waals surface area contributed by atoms with Crippen molar-refractivity contribution in [1.82, 2.24) is 9.71 Å². The lowest BCUT2D eigenvalue weighted by Crippen LogP contribution is -2.23. The molecule has 0 amide bonds. The first-order valence-electron chi connectivity index (χ1n) is 5.80. The Morgan fingerprint density at radius 2 is 2.24 bits per heavy atom. The molecule has 1 aromatic carbocycles. The third-order valence-corrected chi connectivity index (χ3v) is 5.44. The highest BCUT2D eigenvalue weighted by Gasteiger charge is 2.16. The SMILES string of the molecule is Cc1cnc(CNS(=O)(=O)c2ccc(C(N)=S)c(Cl)c2)s1. The zero-order valence-electron chi connectivity index (χ0n) is 11.0. The van der Waals surface area contributed by atoms with Gasteiger partial charge >= 0.3 is 0 Å². The molecule has 0 atom stereocenters. The smallest absolute Gasteiger partial charge is 0.241 e. The number of aryl methyl sites for hydroxylation is 1. The Labute approximate surface area is 137 Å². The van der Waals surface area contributed by atoms with Gasteiger partial charge in [0.05, 0.1) is 16.5 Å². The topological polar surface area (TPSA) is 85.1 Å². The average molecular weight is 362 g/mol. The van der Waals surface area contributed by atoms with Crippen LogP contribution in [0.1, 0.15) is 15.4 Å². The lowest BCUT2D eigenvalue weighted by Gasteiger charge is -2.08. The van der Waals surface area contributed by atoms with Crippen molar-refractivity contribution in [3.05, 3.63) is 44.9 Å². The molecule has 2 aromatic rings. The predicted molar refractivity (Wildman–Crippen MR) is 88.2 cm³/mol. The van der Waals surface area contributed by atoms with Gasteiger partial charge < -0.3 is 5.73 Å². The zero-order chi connectivity index (χ0) is 15.6. The van der Waals surface area contributed by atoms with Gasteiger partial charge in [-0.05, 0) is 25.1 Å². The number of rotatable bonds is 5. The van der Waals surface area contributed by atoms with E-state index in [1.807, 2.05) is 6.92 Å². The largest absolute Gasteiger partial charge is 0.389 e. The van der Waals surface area contributed by atoms with Crippen LogP contribution in [0.3, 0.4) is 0 Å². The van der Waals surface area contributed by atoms with Crippen LogP contribution in [-0.4, -0.2) is 18.4 Å². The second kappa shape index (κ2) is 6.37. The highest BCUT2D eigenvalue weighted by molar-refractivity contribution is 7.89. The van der Waals surface area contributed by atoms with Crippen LogP contribution >= 0.6 is 35.2 Å². The molecule has 0 radical (unpaired) electrons. The number of halogens is 1. The van der Waals surface area contributed by atoms with Gasteiger partial charge in [0.15, 0.2) is 0 Å². The van der Waals surface area contributed by atoms with Gasteiger partial charge in [0.25, 0.3) is 0 Å². The van der Waals surface area contributed by atoms with Crippen LogP contribution < -0.4 is 10.5 Å². The summed E-state index contributed by atoms with van der Waals surface area (Å²) < 4.78 is 26.9. The summed E-state index contributed by atoms with van der Waals surface area (Å²) in [6, 6.07) is 4.23. The van der Waals surface area contributed by atoms with Gasteiger partial charge in [-0.15, -0.1) is 11.3 Å². The molecule has 1 aromatic heterocycles. The van der Waals surface area contributed by atoms with E-state index in [1.54, 1.807) is 6.20 Å². The minimum Gasteiger partial charge on any atom is -0.389 e. The molecule has 0 bridgehead atoms. The maximum atomic E-state index is 12.2. The van der Waals surface area contributed by atoms with E-state index in [-0.39, 0.29) is 21.5 Å². The third-order valence-electron chi connectivity index (χ3n) is 2.60. The van der Waals surface area contributed by atoms with Crippen LogP contribution in [0.4, 0.5) is 0 Å². The quantitative estimate of drug-likeness (QED) is 0.797. The number of hydrogen-bond acceptors (Lipinski definition) is 5. The van der Waals surface area contributed by atoms with Crippen molar-refractivity contribution in [2.75, 3.05) is 0 Å². The number of hydrogen-bond donors (Lipinski definition) is 2. The van der Waals surface area contributed by atoms with E-state index in [0.717, 1.165) is 4.88 Å². The Balaban J connectivity index is 2.19. The summed E-state index contributed by atoms with van der Waals surface area (Å²) in [4.78, 5) is 5.30. The van der Waals surface area contributed by atoms with Crippen LogP contribution in [0.2, 0.25) is 5.02 Å². The fourth-order valence-corrected chi connectivity index (χ4v) is 4.00. The van der Waals surface area contributed by atoms with Gasteiger partial charge in [-0.2, -0.15) is 0 Å². The number of aromatic nitrogens is 1. The third kappa shape index (κ3) is 3.98. The van der Waals surface area contributed by atoms with Crippen molar-refractivity contribution in [1.29, 1.82) is 0 Å². The fraction of sp³-hybridized carbons (Fsp3) is 0.167. The van der Waals surface area contributed by atoms with Gasteiger partial charge in [-0.25, -0.2) is 18.1 Å². The Kier molecular flexibility index (Phi) is 4.95. The van der Waals surface area contributed by atoms with E-state index in [9.17, 15) is 8.42 Å². The summed E-state index contributed by atoms with van der Waals surface area (Å²) in [6.07, 6.45) is 1.70. The molecular weight excluding hydrogens is 350 g/mol. The molecule has 0 unspecified atom stereocenters. The molecule has 21 heavy (non-hydrogen) atoms. The number of thiazole rings is 1. The summed E-state index contributed by atoms with van der Waals surface area (Å²) in [6.45, 7) is 2.04. The fourth-order valence-electron chi connectivity index (χ4n) is 1.59. The number of nitrogens with zero attached hydrogens (tertiary/aromatic N) is 1. The van der Waals surface area contributed by atoms with E-state index in [2.05, 4.69) is 9.71 Å². The standard InChI is InChI=1S/C12H12ClN3O2S3/c1-7-5-15-11(20-7)6-16-21(17,18)8-2-3-9(12(14)19)10(13)4-8/h2-5,16H,6H2,1H3,(H2,14,19). The van der Waals surface area contributed by atoms with Gasteiger partial charge in [0.2, 0.25) is 10.0 Å². The molecule has 112 valence electrons. The molecule has 0 saturated heterocycles. The molecule has 0 aliphatic heterocycles. The summed E-state index contributed by atoms with van der Waals surface area (Å²) in [5, 5.41) is 0.900. The Bertz CT molecular complexity index is 787. The monoisotopic (exact) mass is 361 g/mol. The Morgan fingerprint density at radius 1 is 1.52 bits per heavy atom. The van der Waals surface area contributed by atoms with E-state index in [1.165, 1.54) is 29.5 Å². The first kappa shape index (κ1) is 16.3. The molecule has 0 saturated carbocycles. The normalized spacial score (nSPS) is 11.5. The van der Waals surface area contributed by atoms with Gasteiger partial charge in [0.1, 0.15) is 10.00 Å². The van der Waals surface area contributed by atoms with Crippen LogP contribution in [-0.2, 0) is 16.6 Å². The van der Waals surface area contributed by atoms with Crippen molar-refractivity contribution >= 4 is 50.2 Å². The molecule has 2 rings (SSSR count). The lowest BCUT2D eigenvalue weighted by atomic mass is 10.2. The minimum absolute atomic E-state index is 0.0563. The van der Waals surface area contributed by atoms with Gasteiger partial charge in [-0.3, -0.25) is 0 Å². The van der Waals surface area contributed by atoms with Crippen molar-refractivity contribution in [2.24, 2.45) is 5.73 Å². The van der Waals surface area contributed by atoms with Crippen LogP contribution in [0.15, 0.2) is 29.3 Å². The molecular formula is C12H12ClN3O2S3. The van der Waals surface area contributed by atoms with Crippen LogP contribution in [0, 0.1) is 6.92 Å². The number of nitrogens with one attached hydrogen (secondary N) is 1. The number of thiocarbonyl (C=S) groups is 1. The average Bonchev–Trinajstić information content (AvgIpc) is 2.82. The van der Waals surface area contributed by atoms with E-state index in [0.29, 0.717) is 10.6 Å². The number of nitrogens with two attached hydrogens (primary N) is 1. The summed E-state index contributed by atoms with van der Waals surface area (Å²) in [7, 11) is -3.67. The second-order valence-corrected chi connectivity index (χ2v) is 8.13. The highest BCUT2D eigenvalue weighted by Crippen LogP contribution is 2.21. The highest BCUT2D eigenvalue weighted by atomic mass is 35.5. The maximum Gasteiger partial charge on any atom is 0.241 e. The number of sulfonamides is 1. The Hall–Kier alpha value is -1.06. The lowest BCUT2D eigenvalue weighted by molar-refractivity contribution is 0.581. The van der Waals surface area contributed by atoms with E-state index < -0.39 is 10.0 Å². The Morgan fingerprint density at radius 3 is 2.76 bits per heavy atom. The van der Waals surface area contributed by atoms with Crippen LogP contribution in [0.5, 0.6) is 0 Å². The maximum absolute atomic E-state index is 12.2. The van der Waals surface area contributed by atoms with Gasteiger partial charge in [-0.1, -0.05) is 23.8 Å². The van der Waals surface area contributed by atoms with E-state index >= 15 is 0 Å². The van der Waals surface area contributed by atoms with E-state index in [4.69, 9.17) is 29.6 Å². The van der Waals surface area contributed by atoms with Crippen molar-refractivity contribution < 1.29 is 8.42 Å². The minimum atomic E-state index is -3.67. The first-order chi connectivity index (χ1) is 9.79. The van der Waals surface area contributed by atoms with Crippen molar-refractivity contribution in [3.8, 4) is 0 Å². The summed E-state index contributed by atoms with van der Waals surface area (Å²) in [5.74, 6) is 0. The zero-order valence-corrected chi connectivity index (χ0v) is 14.2. The van der Waals surface area contributed by atoms with Crippen LogP contribution in [0.25, 0.3) is 0 Å². The summed E-state index contributed by atoms with van der Waals surface area (Å²) >= 11 is 12.2. The molecule has 5 nitrogen and oxygen atoms in total. The van der Waals surface area contributed by atoms with Gasteiger partial charge in [0, 0.05) is 16.6 Å².